The van der Waals surface area contributed by atoms with E-state index in [0.29, 0.717) is 0 Å². The average molecular weight is 264 g/mol. The fourth-order valence-electron chi connectivity index (χ4n) is 2.11. The van der Waals surface area contributed by atoms with E-state index in [-0.39, 0.29) is 0 Å². The Morgan fingerprint density at radius 1 is 1.00 bits per heavy atom. The van der Waals surface area contributed by atoms with Crippen LogP contribution in [0.25, 0.3) is 22.6 Å². The van der Waals surface area contributed by atoms with Crippen LogP contribution in [0, 0.1) is 6.92 Å². The second-order valence-corrected chi connectivity index (χ2v) is 4.65. The molecule has 3 aromatic rings. The van der Waals surface area contributed by atoms with Crippen LogP contribution < -0.4 is 5.32 Å². The first-order valence-corrected chi connectivity index (χ1v) is 6.53. The fourth-order valence-corrected chi connectivity index (χ4v) is 2.11. The molecule has 1 aromatic carbocycles. The summed E-state index contributed by atoms with van der Waals surface area (Å²) < 4.78 is 0. The summed E-state index contributed by atoms with van der Waals surface area (Å²) in [4.78, 5) is 12.2. The van der Waals surface area contributed by atoms with Gasteiger partial charge in [-0.15, -0.1) is 0 Å². The molecule has 0 radical (unpaired) electrons. The van der Waals surface area contributed by atoms with Crippen LogP contribution in [0.4, 0.5) is 5.69 Å². The Morgan fingerprint density at radius 2 is 1.80 bits per heavy atom. The van der Waals surface area contributed by atoms with Crippen LogP contribution in [0.3, 0.4) is 0 Å². The van der Waals surface area contributed by atoms with Gasteiger partial charge in [0.15, 0.2) is 5.82 Å². The molecule has 2 N–H and O–H groups in total. The summed E-state index contributed by atoms with van der Waals surface area (Å²) in [5.41, 5.74) is 5.07. The lowest BCUT2D eigenvalue weighted by Crippen LogP contribution is -1.95. The summed E-state index contributed by atoms with van der Waals surface area (Å²) >= 11 is 0. The number of benzene rings is 1. The summed E-state index contributed by atoms with van der Waals surface area (Å²) in [7, 11) is 1.90. The number of hydrogen-bond donors (Lipinski definition) is 2. The molecular formula is C16H16N4. The smallest absolute Gasteiger partial charge is 0.160 e. The van der Waals surface area contributed by atoms with Gasteiger partial charge in [0.1, 0.15) is 0 Å². The lowest BCUT2D eigenvalue weighted by molar-refractivity contribution is 1.12. The molecule has 4 nitrogen and oxygen atoms in total. The lowest BCUT2D eigenvalue weighted by Gasteiger charge is -2.06. The summed E-state index contributed by atoms with van der Waals surface area (Å²) in [5.74, 6) is 0.754. The van der Waals surface area contributed by atoms with Gasteiger partial charge in [-0.05, 0) is 43.3 Å². The Kier molecular flexibility index (Phi) is 3.21. The minimum Gasteiger partial charge on any atom is -0.388 e. The van der Waals surface area contributed by atoms with Crippen molar-refractivity contribution in [3.05, 3.63) is 54.5 Å². The van der Waals surface area contributed by atoms with Gasteiger partial charge in [0, 0.05) is 41.9 Å². The number of rotatable bonds is 3. The van der Waals surface area contributed by atoms with Gasteiger partial charge in [-0.25, -0.2) is 9.97 Å². The van der Waals surface area contributed by atoms with Crippen LogP contribution in [0.5, 0.6) is 0 Å². The highest BCUT2D eigenvalue weighted by molar-refractivity contribution is 5.65. The fraction of sp³-hybridized carbons (Fsp3) is 0.125. The SMILES string of the molecule is CNc1ccc(-c2nc(C)cc(-c3cc[nH]c3)n2)cc1. The first-order valence-electron chi connectivity index (χ1n) is 6.53. The molecule has 3 rings (SSSR count). The topological polar surface area (TPSA) is 53.6 Å². The number of nitrogens with one attached hydrogen (secondary N) is 2. The van der Waals surface area contributed by atoms with Crippen molar-refractivity contribution in [3.63, 3.8) is 0 Å². The van der Waals surface area contributed by atoms with Crippen molar-refractivity contribution in [1.29, 1.82) is 0 Å². The van der Waals surface area contributed by atoms with Gasteiger partial charge in [-0.1, -0.05) is 0 Å². The summed E-state index contributed by atoms with van der Waals surface area (Å²) in [5, 5.41) is 3.11. The van der Waals surface area contributed by atoms with E-state index >= 15 is 0 Å². The molecule has 0 aliphatic heterocycles. The van der Waals surface area contributed by atoms with Gasteiger partial charge in [-0.2, -0.15) is 0 Å². The second-order valence-electron chi connectivity index (χ2n) is 4.65. The zero-order valence-electron chi connectivity index (χ0n) is 11.5. The standard InChI is InChI=1S/C16H16N4/c1-11-9-15(13-7-8-18-10-13)20-16(19-11)12-3-5-14(17-2)6-4-12/h3-10,17-18H,1-2H3. The second kappa shape index (κ2) is 5.17. The Balaban J connectivity index is 2.04. The third-order valence-electron chi connectivity index (χ3n) is 3.18. The number of hydrogen-bond acceptors (Lipinski definition) is 3. The van der Waals surface area contributed by atoms with Gasteiger partial charge >= 0.3 is 0 Å². The van der Waals surface area contributed by atoms with E-state index in [1.807, 2.05) is 62.8 Å². The minimum atomic E-state index is 0.754. The molecule has 2 heterocycles. The monoisotopic (exact) mass is 264 g/mol. The Hall–Kier alpha value is -2.62. The van der Waals surface area contributed by atoms with E-state index in [0.717, 1.165) is 34.0 Å². The molecule has 0 fully saturated rings. The zero-order valence-corrected chi connectivity index (χ0v) is 11.5. The van der Waals surface area contributed by atoms with Gasteiger partial charge in [0.05, 0.1) is 5.69 Å². The molecule has 0 spiro atoms. The van der Waals surface area contributed by atoms with Crippen LogP contribution in [0.2, 0.25) is 0 Å². The van der Waals surface area contributed by atoms with Crippen molar-refractivity contribution in [2.75, 3.05) is 12.4 Å². The molecule has 0 bridgehead atoms. The molecule has 0 amide bonds. The molecule has 0 unspecified atom stereocenters. The maximum atomic E-state index is 4.65. The average Bonchev–Trinajstić information content (AvgIpc) is 3.01. The molecule has 4 heteroatoms. The molecule has 2 aromatic heterocycles. The summed E-state index contributed by atoms with van der Waals surface area (Å²) in [6, 6.07) is 12.1. The largest absolute Gasteiger partial charge is 0.388 e. The Labute approximate surface area is 117 Å². The highest BCUT2D eigenvalue weighted by atomic mass is 14.9. The number of aromatic amines is 1. The predicted octanol–water partition coefficient (Wildman–Crippen LogP) is 3.49. The van der Waals surface area contributed by atoms with E-state index in [4.69, 9.17) is 0 Å². The van der Waals surface area contributed by atoms with Gasteiger partial charge in [0.25, 0.3) is 0 Å². The maximum absolute atomic E-state index is 4.65. The van der Waals surface area contributed by atoms with Crippen LogP contribution >= 0.6 is 0 Å². The van der Waals surface area contributed by atoms with E-state index in [1.54, 1.807) is 0 Å². The number of nitrogens with zero attached hydrogens (tertiary/aromatic N) is 2. The molecule has 0 aliphatic carbocycles. The Morgan fingerprint density at radius 3 is 2.45 bits per heavy atom. The van der Waals surface area contributed by atoms with Crippen LogP contribution in [0.15, 0.2) is 48.8 Å². The van der Waals surface area contributed by atoms with Crippen molar-refractivity contribution in [1.82, 2.24) is 15.0 Å². The summed E-state index contributed by atoms with van der Waals surface area (Å²) in [6.07, 6.45) is 3.84. The molecule has 0 saturated carbocycles. The highest BCUT2D eigenvalue weighted by Crippen LogP contribution is 2.23. The van der Waals surface area contributed by atoms with Gasteiger partial charge in [-0.3, -0.25) is 0 Å². The van der Waals surface area contributed by atoms with Crippen LogP contribution in [-0.2, 0) is 0 Å². The van der Waals surface area contributed by atoms with Gasteiger partial charge < -0.3 is 10.3 Å². The zero-order chi connectivity index (χ0) is 13.9. The molecule has 0 saturated heterocycles. The van der Waals surface area contributed by atoms with Gasteiger partial charge in [0.2, 0.25) is 0 Å². The van der Waals surface area contributed by atoms with Crippen molar-refractivity contribution >= 4 is 5.69 Å². The van der Waals surface area contributed by atoms with Crippen molar-refractivity contribution in [2.24, 2.45) is 0 Å². The third-order valence-corrected chi connectivity index (χ3v) is 3.18. The van der Waals surface area contributed by atoms with Crippen molar-refractivity contribution in [3.8, 4) is 22.6 Å². The van der Waals surface area contributed by atoms with Crippen LogP contribution in [0.1, 0.15) is 5.69 Å². The summed E-state index contributed by atoms with van der Waals surface area (Å²) in [6.45, 7) is 1.99. The van der Waals surface area contributed by atoms with Crippen molar-refractivity contribution in [2.45, 2.75) is 6.92 Å². The first-order chi connectivity index (χ1) is 9.76. The molecular weight excluding hydrogens is 248 g/mol. The van der Waals surface area contributed by atoms with Crippen LogP contribution in [-0.4, -0.2) is 22.0 Å². The minimum absolute atomic E-state index is 0.754. The molecule has 0 aliphatic rings. The Bertz CT molecular complexity index is 700. The molecule has 20 heavy (non-hydrogen) atoms. The normalized spacial score (nSPS) is 10.5. The number of anilines is 1. The van der Waals surface area contributed by atoms with E-state index in [9.17, 15) is 0 Å². The predicted molar refractivity (Wildman–Crippen MR) is 81.5 cm³/mol. The van der Waals surface area contributed by atoms with E-state index < -0.39 is 0 Å². The van der Waals surface area contributed by atoms with Crippen molar-refractivity contribution < 1.29 is 0 Å². The molecule has 0 atom stereocenters. The highest BCUT2D eigenvalue weighted by Gasteiger charge is 2.07. The van der Waals surface area contributed by atoms with E-state index in [1.165, 1.54) is 0 Å². The maximum Gasteiger partial charge on any atom is 0.160 e. The van der Waals surface area contributed by atoms with E-state index in [2.05, 4.69) is 20.3 Å². The third kappa shape index (κ3) is 2.40. The first kappa shape index (κ1) is 12.4. The number of H-pyrrole nitrogens is 1. The number of aromatic nitrogens is 3. The lowest BCUT2D eigenvalue weighted by atomic mass is 10.1. The quantitative estimate of drug-likeness (QED) is 0.761. The molecule has 100 valence electrons. The number of aryl methyl sites for hydroxylation is 1.